The summed E-state index contributed by atoms with van der Waals surface area (Å²) < 4.78 is 18.3. The third-order valence-electron chi connectivity index (χ3n) is 2.12. The summed E-state index contributed by atoms with van der Waals surface area (Å²) in [5.74, 6) is -0.291. The Labute approximate surface area is 99.9 Å². The second-order valence-electron chi connectivity index (χ2n) is 3.27. The van der Waals surface area contributed by atoms with Crippen molar-refractivity contribution in [3.05, 3.63) is 39.9 Å². The molecular weight excluding hydrogens is 277 g/mol. The molecule has 4 nitrogen and oxygen atoms in total. The zero-order valence-electron chi connectivity index (χ0n) is 8.50. The van der Waals surface area contributed by atoms with Crippen molar-refractivity contribution in [2.24, 2.45) is 0 Å². The molecule has 1 aromatic heterocycles. The number of halogens is 2. The highest BCUT2D eigenvalue weighted by Crippen LogP contribution is 2.23. The predicted octanol–water partition coefficient (Wildman–Crippen LogP) is 2.89. The molecule has 0 atom stereocenters. The van der Waals surface area contributed by atoms with Crippen molar-refractivity contribution in [3.8, 4) is 0 Å². The zero-order chi connectivity index (χ0) is 11.5. The Bertz CT molecular complexity index is 501. The molecule has 0 spiro atoms. The lowest BCUT2D eigenvalue weighted by Crippen LogP contribution is -2.02. The number of anilines is 1. The third kappa shape index (κ3) is 2.38. The molecule has 1 heterocycles. The van der Waals surface area contributed by atoms with Crippen LogP contribution in [0.2, 0.25) is 0 Å². The first-order valence-electron chi connectivity index (χ1n) is 4.64. The first-order valence-corrected chi connectivity index (χ1v) is 5.43. The fourth-order valence-corrected chi connectivity index (χ4v) is 1.61. The molecule has 1 aromatic carbocycles. The number of aromatic nitrogens is 2. The molecule has 6 heteroatoms. The number of aryl methyl sites for hydroxylation is 1. The second kappa shape index (κ2) is 4.61. The maximum atomic E-state index is 13.0. The Balaban J connectivity index is 2.10. The van der Waals surface area contributed by atoms with E-state index < -0.39 is 0 Å². The number of rotatable bonds is 3. The summed E-state index contributed by atoms with van der Waals surface area (Å²) in [6, 6.07) is 4.44. The predicted molar refractivity (Wildman–Crippen MR) is 60.5 cm³/mol. The summed E-state index contributed by atoms with van der Waals surface area (Å²) in [5, 5.41) is 10.4. The molecule has 0 saturated carbocycles. The highest BCUT2D eigenvalue weighted by molar-refractivity contribution is 9.10. The van der Waals surface area contributed by atoms with Gasteiger partial charge in [-0.05, 0) is 41.1 Å². The third-order valence-corrected chi connectivity index (χ3v) is 2.81. The van der Waals surface area contributed by atoms with E-state index in [0.29, 0.717) is 17.9 Å². The van der Waals surface area contributed by atoms with Crippen LogP contribution in [0.3, 0.4) is 0 Å². The summed E-state index contributed by atoms with van der Waals surface area (Å²) in [5.41, 5.74) is 2.10. The molecule has 2 aromatic rings. The molecular formula is C10H9BrFN3O. The molecule has 0 radical (unpaired) electrons. The SMILES string of the molecule is Cc1nonc1CNc1cc(F)ccc1Br. The molecule has 16 heavy (non-hydrogen) atoms. The smallest absolute Gasteiger partial charge is 0.127 e. The van der Waals surface area contributed by atoms with Gasteiger partial charge in [0.25, 0.3) is 0 Å². The van der Waals surface area contributed by atoms with E-state index in [1.54, 1.807) is 13.0 Å². The molecule has 2 rings (SSSR count). The topological polar surface area (TPSA) is 51.0 Å². The van der Waals surface area contributed by atoms with Gasteiger partial charge in [0.1, 0.15) is 17.2 Å². The maximum Gasteiger partial charge on any atom is 0.127 e. The van der Waals surface area contributed by atoms with E-state index in [4.69, 9.17) is 0 Å². The van der Waals surface area contributed by atoms with Gasteiger partial charge in [-0.15, -0.1) is 0 Å². The number of nitrogens with zero attached hydrogens (tertiary/aromatic N) is 2. The van der Waals surface area contributed by atoms with E-state index in [9.17, 15) is 4.39 Å². The van der Waals surface area contributed by atoms with Crippen molar-refractivity contribution < 1.29 is 9.02 Å². The largest absolute Gasteiger partial charge is 0.378 e. The van der Waals surface area contributed by atoms with Gasteiger partial charge in [0, 0.05) is 4.47 Å². The van der Waals surface area contributed by atoms with E-state index in [-0.39, 0.29) is 5.82 Å². The number of hydrogen-bond donors (Lipinski definition) is 1. The Kier molecular flexibility index (Phi) is 3.19. The first-order chi connectivity index (χ1) is 7.66. The minimum atomic E-state index is -0.291. The molecule has 0 amide bonds. The van der Waals surface area contributed by atoms with Crippen molar-refractivity contribution in [1.82, 2.24) is 10.3 Å². The summed E-state index contributed by atoms with van der Waals surface area (Å²) >= 11 is 3.32. The second-order valence-corrected chi connectivity index (χ2v) is 4.13. The summed E-state index contributed by atoms with van der Waals surface area (Å²) in [6.07, 6.45) is 0. The van der Waals surface area contributed by atoms with Crippen LogP contribution in [0.1, 0.15) is 11.4 Å². The lowest BCUT2D eigenvalue weighted by atomic mass is 10.3. The molecule has 0 fully saturated rings. The Hall–Kier alpha value is -1.43. The van der Waals surface area contributed by atoms with Crippen LogP contribution in [-0.2, 0) is 6.54 Å². The van der Waals surface area contributed by atoms with Gasteiger partial charge in [-0.25, -0.2) is 9.02 Å². The van der Waals surface area contributed by atoms with E-state index >= 15 is 0 Å². The van der Waals surface area contributed by atoms with Crippen LogP contribution in [0.5, 0.6) is 0 Å². The van der Waals surface area contributed by atoms with Crippen molar-refractivity contribution in [3.63, 3.8) is 0 Å². The van der Waals surface area contributed by atoms with Crippen LogP contribution >= 0.6 is 15.9 Å². The van der Waals surface area contributed by atoms with E-state index in [2.05, 4.69) is 36.2 Å². The summed E-state index contributed by atoms with van der Waals surface area (Å²) in [6.45, 7) is 2.24. The molecule has 0 aliphatic heterocycles. The highest BCUT2D eigenvalue weighted by Gasteiger charge is 2.06. The van der Waals surface area contributed by atoms with Crippen molar-refractivity contribution in [1.29, 1.82) is 0 Å². The van der Waals surface area contributed by atoms with Crippen molar-refractivity contribution in [2.75, 3.05) is 5.32 Å². The number of hydrogen-bond acceptors (Lipinski definition) is 4. The number of benzene rings is 1. The number of nitrogens with one attached hydrogen (secondary N) is 1. The van der Waals surface area contributed by atoms with Gasteiger partial charge in [-0.2, -0.15) is 0 Å². The first kappa shape index (κ1) is 11.1. The zero-order valence-corrected chi connectivity index (χ0v) is 10.1. The Morgan fingerprint density at radius 1 is 1.44 bits per heavy atom. The molecule has 84 valence electrons. The standard InChI is InChI=1S/C10H9BrFN3O/c1-6-10(15-16-14-6)5-13-9-4-7(12)2-3-8(9)11/h2-4,13H,5H2,1H3. The monoisotopic (exact) mass is 285 g/mol. The van der Waals surface area contributed by atoms with Crippen molar-refractivity contribution >= 4 is 21.6 Å². The highest BCUT2D eigenvalue weighted by atomic mass is 79.9. The quantitative estimate of drug-likeness (QED) is 0.942. The van der Waals surface area contributed by atoms with Crippen LogP contribution in [0.15, 0.2) is 27.3 Å². The molecule has 0 saturated heterocycles. The van der Waals surface area contributed by atoms with Crippen molar-refractivity contribution in [2.45, 2.75) is 13.5 Å². The van der Waals surface area contributed by atoms with Gasteiger partial charge < -0.3 is 5.32 Å². The molecule has 0 aliphatic carbocycles. The Morgan fingerprint density at radius 3 is 2.94 bits per heavy atom. The summed E-state index contributed by atoms with van der Waals surface area (Å²) in [7, 11) is 0. The fraction of sp³-hybridized carbons (Fsp3) is 0.200. The fourth-order valence-electron chi connectivity index (χ4n) is 1.22. The molecule has 0 bridgehead atoms. The minimum absolute atomic E-state index is 0.291. The van der Waals surface area contributed by atoms with Gasteiger partial charge >= 0.3 is 0 Å². The van der Waals surface area contributed by atoms with Gasteiger partial charge in [-0.1, -0.05) is 10.3 Å². The van der Waals surface area contributed by atoms with Crippen LogP contribution in [0, 0.1) is 12.7 Å². The average Bonchev–Trinajstić information content (AvgIpc) is 2.66. The lowest BCUT2D eigenvalue weighted by Gasteiger charge is -2.06. The van der Waals surface area contributed by atoms with Crippen LogP contribution < -0.4 is 5.32 Å². The minimum Gasteiger partial charge on any atom is -0.378 e. The van der Waals surface area contributed by atoms with Gasteiger partial charge in [-0.3, -0.25) is 0 Å². The average molecular weight is 286 g/mol. The van der Waals surface area contributed by atoms with Crippen LogP contribution in [-0.4, -0.2) is 10.3 Å². The molecule has 0 unspecified atom stereocenters. The lowest BCUT2D eigenvalue weighted by molar-refractivity contribution is 0.301. The molecule has 1 N–H and O–H groups in total. The van der Waals surface area contributed by atoms with E-state index in [1.807, 2.05) is 0 Å². The van der Waals surface area contributed by atoms with E-state index in [1.165, 1.54) is 12.1 Å². The van der Waals surface area contributed by atoms with E-state index in [0.717, 1.165) is 10.2 Å². The normalized spacial score (nSPS) is 10.4. The Morgan fingerprint density at radius 2 is 2.25 bits per heavy atom. The van der Waals surface area contributed by atoms with Crippen LogP contribution in [0.4, 0.5) is 10.1 Å². The maximum absolute atomic E-state index is 13.0. The van der Waals surface area contributed by atoms with Gasteiger partial charge in [0.05, 0.1) is 12.2 Å². The summed E-state index contributed by atoms with van der Waals surface area (Å²) in [4.78, 5) is 0. The van der Waals surface area contributed by atoms with Gasteiger partial charge in [0.2, 0.25) is 0 Å². The van der Waals surface area contributed by atoms with Crippen LogP contribution in [0.25, 0.3) is 0 Å². The van der Waals surface area contributed by atoms with Gasteiger partial charge in [0.15, 0.2) is 0 Å². The molecule has 0 aliphatic rings.